The predicted octanol–water partition coefficient (Wildman–Crippen LogP) is 3.30. The summed E-state index contributed by atoms with van der Waals surface area (Å²) in [6, 6.07) is 8.14. The topological polar surface area (TPSA) is 114 Å². The van der Waals surface area contributed by atoms with Gasteiger partial charge in [-0.2, -0.15) is 4.98 Å². The molecule has 0 aliphatic heterocycles. The fourth-order valence-electron chi connectivity index (χ4n) is 3.00. The van der Waals surface area contributed by atoms with Crippen LogP contribution in [0.1, 0.15) is 24.2 Å². The highest BCUT2D eigenvalue weighted by Gasteiger charge is 2.22. The Labute approximate surface area is 176 Å². The molecule has 31 heavy (non-hydrogen) atoms. The van der Waals surface area contributed by atoms with E-state index in [1.54, 1.807) is 13.0 Å². The lowest BCUT2D eigenvalue weighted by molar-refractivity contribution is 0.0805. The standard InChI is InChI=1S/C21H21F3N4O3/c1-11-8-13(9-16(26-11)19(23)24)17-18(12-2-4-14(22)5-3-12)27-21(25)28-20(17)31-10-15(30)6-7-29/h2-5,8-9,15,19,29-30H,6-7,10H2,1H3,(H2,25,27,28)/t15-/m1/s1. The van der Waals surface area contributed by atoms with Gasteiger partial charge < -0.3 is 20.7 Å². The summed E-state index contributed by atoms with van der Waals surface area (Å²) in [5.74, 6) is -0.667. The van der Waals surface area contributed by atoms with Gasteiger partial charge in [-0.15, -0.1) is 0 Å². The van der Waals surface area contributed by atoms with Crippen molar-refractivity contribution in [1.82, 2.24) is 15.0 Å². The third-order valence-corrected chi connectivity index (χ3v) is 4.37. The summed E-state index contributed by atoms with van der Waals surface area (Å²) in [7, 11) is 0. The van der Waals surface area contributed by atoms with Gasteiger partial charge in [-0.1, -0.05) is 0 Å². The minimum absolute atomic E-state index is 0.0466. The summed E-state index contributed by atoms with van der Waals surface area (Å²) in [4.78, 5) is 12.2. The van der Waals surface area contributed by atoms with Gasteiger partial charge in [0.05, 0.1) is 17.4 Å². The molecule has 0 saturated carbocycles. The van der Waals surface area contributed by atoms with Crippen LogP contribution < -0.4 is 10.5 Å². The molecule has 0 fully saturated rings. The number of nitrogens with two attached hydrogens (primary N) is 1. The zero-order valence-corrected chi connectivity index (χ0v) is 16.6. The van der Waals surface area contributed by atoms with Crippen molar-refractivity contribution in [1.29, 1.82) is 0 Å². The quantitative estimate of drug-likeness (QED) is 0.498. The molecule has 0 amide bonds. The number of halogens is 3. The van der Waals surface area contributed by atoms with Crippen LogP contribution in [0.25, 0.3) is 22.4 Å². The third kappa shape index (κ3) is 5.47. The zero-order chi connectivity index (χ0) is 22.5. The van der Waals surface area contributed by atoms with Crippen LogP contribution >= 0.6 is 0 Å². The largest absolute Gasteiger partial charge is 0.474 e. The molecule has 0 aliphatic carbocycles. The Balaban J connectivity index is 2.20. The van der Waals surface area contributed by atoms with Crippen molar-refractivity contribution in [2.75, 3.05) is 18.9 Å². The normalized spacial score (nSPS) is 12.2. The van der Waals surface area contributed by atoms with Crippen LogP contribution in [0.2, 0.25) is 0 Å². The van der Waals surface area contributed by atoms with Gasteiger partial charge in [0.2, 0.25) is 11.8 Å². The molecule has 10 heteroatoms. The number of nitrogen functional groups attached to an aromatic ring is 1. The molecule has 0 unspecified atom stereocenters. The van der Waals surface area contributed by atoms with Crippen LogP contribution in [-0.2, 0) is 0 Å². The van der Waals surface area contributed by atoms with Gasteiger partial charge in [0, 0.05) is 17.9 Å². The van der Waals surface area contributed by atoms with Gasteiger partial charge >= 0.3 is 0 Å². The van der Waals surface area contributed by atoms with Gasteiger partial charge in [0.15, 0.2) is 0 Å². The molecule has 0 spiro atoms. The Hall–Kier alpha value is -3.24. The minimum atomic E-state index is -2.81. The van der Waals surface area contributed by atoms with Crippen molar-refractivity contribution in [3.63, 3.8) is 0 Å². The fourth-order valence-corrected chi connectivity index (χ4v) is 3.00. The molecule has 1 atom stereocenters. The highest BCUT2D eigenvalue weighted by Crippen LogP contribution is 2.39. The van der Waals surface area contributed by atoms with Gasteiger partial charge in [-0.25, -0.2) is 18.2 Å². The monoisotopic (exact) mass is 434 g/mol. The average Bonchev–Trinajstić information content (AvgIpc) is 2.72. The van der Waals surface area contributed by atoms with Crippen molar-refractivity contribution in [2.45, 2.75) is 25.9 Å². The molecule has 164 valence electrons. The summed E-state index contributed by atoms with van der Waals surface area (Å²) in [6.45, 7) is 1.10. The molecule has 0 saturated heterocycles. The lowest BCUT2D eigenvalue weighted by Crippen LogP contribution is -2.20. The number of anilines is 1. The maximum Gasteiger partial charge on any atom is 0.280 e. The number of hydrogen-bond donors (Lipinski definition) is 3. The van der Waals surface area contributed by atoms with Gasteiger partial charge in [-0.05, 0) is 55.3 Å². The first-order chi connectivity index (χ1) is 14.8. The summed E-state index contributed by atoms with van der Waals surface area (Å²) in [5.41, 5.74) is 6.97. The zero-order valence-electron chi connectivity index (χ0n) is 16.6. The number of nitrogens with zero attached hydrogens (tertiary/aromatic N) is 3. The lowest BCUT2D eigenvalue weighted by atomic mass is 9.99. The van der Waals surface area contributed by atoms with Crippen molar-refractivity contribution in [3.05, 3.63) is 53.6 Å². The first kappa shape index (κ1) is 22.4. The van der Waals surface area contributed by atoms with Crippen LogP contribution in [0, 0.1) is 12.7 Å². The molecule has 0 bridgehead atoms. The van der Waals surface area contributed by atoms with Crippen molar-refractivity contribution < 1.29 is 28.1 Å². The molecule has 4 N–H and O–H groups in total. The summed E-state index contributed by atoms with van der Waals surface area (Å²) in [5, 5.41) is 18.9. The molecule has 3 aromatic rings. The van der Waals surface area contributed by atoms with Crippen molar-refractivity contribution in [3.8, 4) is 28.3 Å². The van der Waals surface area contributed by atoms with E-state index in [1.807, 2.05) is 0 Å². The smallest absolute Gasteiger partial charge is 0.280 e. The number of aromatic nitrogens is 3. The number of ether oxygens (including phenoxy) is 1. The SMILES string of the molecule is Cc1cc(-c2c(OC[C@H](O)CCO)nc(N)nc2-c2ccc(F)cc2)cc(C(F)F)n1. The second kappa shape index (κ2) is 9.71. The number of pyridine rings is 1. The van der Waals surface area contributed by atoms with Crippen molar-refractivity contribution in [2.24, 2.45) is 0 Å². The summed E-state index contributed by atoms with van der Waals surface area (Å²) >= 11 is 0. The van der Waals surface area contributed by atoms with Crippen LogP contribution in [0.15, 0.2) is 36.4 Å². The van der Waals surface area contributed by atoms with E-state index in [-0.39, 0.29) is 42.7 Å². The van der Waals surface area contributed by atoms with E-state index in [2.05, 4.69) is 15.0 Å². The molecule has 2 aromatic heterocycles. The van der Waals surface area contributed by atoms with E-state index in [1.165, 1.54) is 30.3 Å². The lowest BCUT2D eigenvalue weighted by Gasteiger charge is -2.18. The van der Waals surface area contributed by atoms with Crippen molar-refractivity contribution >= 4 is 5.95 Å². The number of rotatable bonds is 8. The van der Waals surface area contributed by atoms with E-state index in [0.29, 0.717) is 16.8 Å². The third-order valence-electron chi connectivity index (χ3n) is 4.37. The summed E-state index contributed by atoms with van der Waals surface area (Å²) in [6.07, 6.45) is -3.72. The van der Waals surface area contributed by atoms with E-state index in [0.717, 1.165) is 0 Å². The van der Waals surface area contributed by atoms with Gasteiger partial charge in [0.1, 0.15) is 18.1 Å². The van der Waals surface area contributed by atoms with E-state index < -0.39 is 24.0 Å². The minimum Gasteiger partial charge on any atom is -0.474 e. The second-order valence-corrected chi connectivity index (χ2v) is 6.82. The van der Waals surface area contributed by atoms with Crippen LogP contribution in [0.3, 0.4) is 0 Å². The van der Waals surface area contributed by atoms with Crippen LogP contribution in [0.5, 0.6) is 5.88 Å². The Kier molecular flexibility index (Phi) is 7.03. The highest BCUT2D eigenvalue weighted by molar-refractivity contribution is 5.85. The number of aryl methyl sites for hydroxylation is 1. The highest BCUT2D eigenvalue weighted by atomic mass is 19.3. The average molecular weight is 434 g/mol. The Bertz CT molecular complexity index is 1050. The van der Waals surface area contributed by atoms with E-state index in [4.69, 9.17) is 15.6 Å². The molecule has 2 heterocycles. The fraction of sp³-hybridized carbons (Fsp3) is 0.286. The maximum absolute atomic E-state index is 13.4. The Morgan fingerprint density at radius 1 is 1.06 bits per heavy atom. The van der Waals surface area contributed by atoms with Gasteiger partial charge in [0.25, 0.3) is 6.43 Å². The van der Waals surface area contributed by atoms with E-state index >= 15 is 0 Å². The predicted molar refractivity (Wildman–Crippen MR) is 108 cm³/mol. The number of alkyl halides is 2. The van der Waals surface area contributed by atoms with E-state index in [9.17, 15) is 18.3 Å². The maximum atomic E-state index is 13.4. The first-order valence-electron chi connectivity index (χ1n) is 9.40. The number of hydrogen-bond acceptors (Lipinski definition) is 7. The molecule has 0 radical (unpaired) electrons. The molecule has 3 rings (SSSR count). The molecular weight excluding hydrogens is 413 g/mol. The molecule has 0 aliphatic rings. The molecule has 7 nitrogen and oxygen atoms in total. The van der Waals surface area contributed by atoms with Gasteiger partial charge in [-0.3, -0.25) is 4.98 Å². The molecule has 1 aromatic carbocycles. The second-order valence-electron chi connectivity index (χ2n) is 6.82. The van der Waals surface area contributed by atoms with Crippen LogP contribution in [0.4, 0.5) is 19.1 Å². The Morgan fingerprint density at radius 3 is 2.42 bits per heavy atom. The first-order valence-corrected chi connectivity index (χ1v) is 9.40. The number of aliphatic hydroxyl groups excluding tert-OH is 2. The molecular formula is C21H21F3N4O3. The Morgan fingerprint density at radius 2 is 1.77 bits per heavy atom. The van der Waals surface area contributed by atoms with Crippen LogP contribution in [-0.4, -0.2) is 44.5 Å². The summed E-state index contributed by atoms with van der Waals surface area (Å²) < 4.78 is 45.8. The number of aliphatic hydroxyl groups is 2. The number of benzene rings is 1.